The SMILES string of the molecule is COc1ccc(/C=C(/N)C(=O)O)c(OC)c1. The molecule has 0 atom stereocenters. The quantitative estimate of drug-likeness (QED) is 0.746. The maximum absolute atomic E-state index is 10.6. The Hall–Kier alpha value is -2.17. The van der Waals surface area contributed by atoms with Crippen LogP contribution in [0.15, 0.2) is 23.9 Å². The van der Waals surface area contributed by atoms with E-state index in [0.29, 0.717) is 17.1 Å². The fraction of sp³-hybridized carbons (Fsp3) is 0.182. The number of hydrogen-bond donors (Lipinski definition) is 2. The van der Waals surface area contributed by atoms with Gasteiger partial charge in [0.15, 0.2) is 0 Å². The number of benzene rings is 1. The van der Waals surface area contributed by atoms with E-state index in [0.717, 1.165) is 0 Å². The van der Waals surface area contributed by atoms with Crippen LogP contribution in [0.3, 0.4) is 0 Å². The van der Waals surface area contributed by atoms with E-state index < -0.39 is 5.97 Å². The topological polar surface area (TPSA) is 81.8 Å². The standard InChI is InChI=1S/C11H13NO4/c1-15-8-4-3-7(10(6-8)16-2)5-9(12)11(13)14/h3-6H,12H2,1-2H3,(H,13,14)/b9-5+. The van der Waals surface area contributed by atoms with E-state index >= 15 is 0 Å². The number of methoxy groups -OCH3 is 2. The van der Waals surface area contributed by atoms with Gasteiger partial charge >= 0.3 is 5.97 Å². The van der Waals surface area contributed by atoms with Gasteiger partial charge in [-0.3, -0.25) is 0 Å². The van der Waals surface area contributed by atoms with Gasteiger partial charge in [-0.05, 0) is 18.2 Å². The molecule has 0 spiro atoms. The Morgan fingerprint density at radius 1 is 1.38 bits per heavy atom. The lowest BCUT2D eigenvalue weighted by Gasteiger charge is -2.07. The smallest absolute Gasteiger partial charge is 0.351 e. The molecule has 1 aromatic rings. The minimum Gasteiger partial charge on any atom is -0.497 e. The summed E-state index contributed by atoms with van der Waals surface area (Å²) < 4.78 is 10.1. The third-order valence-electron chi connectivity index (χ3n) is 2.00. The maximum atomic E-state index is 10.6. The van der Waals surface area contributed by atoms with E-state index in [2.05, 4.69) is 0 Å². The molecule has 1 rings (SSSR count). The Morgan fingerprint density at radius 3 is 2.56 bits per heavy atom. The van der Waals surface area contributed by atoms with Crippen LogP contribution >= 0.6 is 0 Å². The van der Waals surface area contributed by atoms with Crippen LogP contribution in [-0.2, 0) is 4.79 Å². The van der Waals surface area contributed by atoms with Gasteiger partial charge in [0.05, 0.1) is 14.2 Å². The van der Waals surface area contributed by atoms with Gasteiger partial charge in [0.1, 0.15) is 17.2 Å². The molecule has 1 aromatic carbocycles. The van der Waals surface area contributed by atoms with Gasteiger partial charge < -0.3 is 20.3 Å². The lowest BCUT2D eigenvalue weighted by atomic mass is 10.1. The number of ether oxygens (including phenoxy) is 2. The van der Waals surface area contributed by atoms with Crippen LogP contribution in [0.4, 0.5) is 0 Å². The number of hydrogen-bond acceptors (Lipinski definition) is 4. The lowest BCUT2D eigenvalue weighted by molar-refractivity contribution is -0.132. The van der Waals surface area contributed by atoms with Crippen LogP contribution in [0.5, 0.6) is 11.5 Å². The average molecular weight is 223 g/mol. The second-order valence-corrected chi connectivity index (χ2v) is 3.01. The third kappa shape index (κ3) is 2.66. The molecule has 16 heavy (non-hydrogen) atoms. The molecule has 5 nitrogen and oxygen atoms in total. The fourth-order valence-electron chi connectivity index (χ4n) is 1.17. The Kier molecular flexibility index (Phi) is 3.77. The van der Waals surface area contributed by atoms with Crippen LogP contribution in [0.1, 0.15) is 5.56 Å². The molecule has 0 saturated heterocycles. The van der Waals surface area contributed by atoms with Gasteiger partial charge in [0.25, 0.3) is 0 Å². The number of nitrogens with two attached hydrogens (primary N) is 1. The first-order valence-corrected chi connectivity index (χ1v) is 4.51. The predicted octanol–water partition coefficient (Wildman–Crippen LogP) is 1.09. The summed E-state index contributed by atoms with van der Waals surface area (Å²) in [6, 6.07) is 5.03. The molecule has 86 valence electrons. The molecular formula is C11H13NO4. The van der Waals surface area contributed by atoms with E-state index in [4.69, 9.17) is 20.3 Å². The molecule has 0 amide bonds. The highest BCUT2D eigenvalue weighted by molar-refractivity contribution is 5.91. The van der Waals surface area contributed by atoms with E-state index in [9.17, 15) is 4.79 Å². The molecule has 0 heterocycles. The summed E-state index contributed by atoms with van der Waals surface area (Å²) >= 11 is 0. The summed E-state index contributed by atoms with van der Waals surface area (Å²) in [4.78, 5) is 10.6. The molecule has 0 radical (unpaired) electrons. The zero-order chi connectivity index (χ0) is 12.1. The zero-order valence-electron chi connectivity index (χ0n) is 9.06. The van der Waals surface area contributed by atoms with Crippen molar-refractivity contribution in [3.63, 3.8) is 0 Å². The van der Waals surface area contributed by atoms with Crippen LogP contribution in [0, 0.1) is 0 Å². The Balaban J connectivity index is 3.14. The van der Waals surface area contributed by atoms with Crippen molar-refractivity contribution >= 4 is 12.0 Å². The summed E-state index contributed by atoms with van der Waals surface area (Å²) in [5.74, 6) is -0.0377. The van der Waals surface area contributed by atoms with E-state index in [1.807, 2.05) is 0 Å². The van der Waals surface area contributed by atoms with Gasteiger partial charge in [-0.15, -0.1) is 0 Å². The summed E-state index contributed by atoms with van der Waals surface area (Å²) in [6.07, 6.45) is 1.33. The molecule has 0 fully saturated rings. The first-order valence-electron chi connectivity index (χ1n) is 4.51. The maximum Gasteiger partial charge on any atom is 0.351 e. The number of aliphatic carboxylic acids is 1. The molecular weight excluding hydrogens is 210 g/mol. The van der Waals surface area contributed by atoms with Crippen LogP contribution in [0.2, 0.25) is 0 Å². The lowest BCUT2D eigenvalue weighted by Crippen LogP contribution is -2.09. The van der Waals surface area contributed by atoms with Crippen molar-refractivity contribution in [3.05, 3.63) is 29.5 Å². The van der Waals surface area contributed by atoms with Gasteiger partial charge in [0.2, 0.25) is 0 Å². The van der Waals surface area contributed by atoms with Gasteiger partial charge in [-0.2, -0.15) is 0 Å². The second-order valence-electron chi connectivity index (χ2n) is 3.01. The summed E-state index contributed by atoms with van der Waals surface area (Å²) in [5, 5.41) is 8.65. The summed E-state index contributed by atoms with van der Waals surface area (Å²) in [5.41, 5.74) is 5.66. The highest BCUT2D eigenvalue weighted by Crippen LogP contribution is 2.25. The minimum atomic E-state index is -1.17. The van der Waals surface area contributed by atoms with Crippen molar-refractivity contribution in [3.8, 4) is 11.5 Å². The molecule has 0 aliphatic rings. The number of carboxylic acid groups (broad SMARTS) is 1. The average Bonchev–Trinajstić information content (AvgIpc) is 2.29. The summed E-state index contributed by atoms with van der Waals surface area (Å²) in [6.45, 7) is 0. The van der Waals surface area contributed by atoms with E-state index in [1.165, 1.54) is 20.3 Å². The van der Waals surface area contributed by atoms with Crippen molar-refractivity contribution in [2.75, 3.05) is 14.2 Å². The number of carbonyl (C=O) groups is 1. The predicted molar refractivity (Wildman–Crippen MR) is 59.3 cm³/mol. The Labute approximate surface area is 93.1 Å². The van der Waals surface area contributed by atoms with Crippen molar-refractivity contribution in [1.82, 2.24) is 0 Å². The van der Waals surface area contributed by atoms with E-state index in [1.54, 1.807) is 18.2 Å². The number of rotatable bonds is 4. The minimum absolute atomic E-state index is 0.247. The monoisotopic (exact) mass is 223 g/mol. The van der Waals surface area contributed by atoms with Crippen molar-refractivity contribution in [2.45, 2.75) is 0 Å². The Bertz CT molecular complexity index is 426. The van der Waals surface area contributed by atoms with E-state index in [-0.39, 0.29) is 5.70 Å². The summed E-state index contributed by atoms with van der Waals surface area (Å²) in [7, 11) is 3.03. The first-order chi connectivity index (χ1) is 7.58. The molecule has 3 N–H and O–H groups in total. The highest BCUT2D eigenvalue weighted by Gasteiger charge is 2.06. The van der Waals surface area contributed by atoms with Crippen LogP contribution in [-0.4, -0.2) is 25.3 Å². The third-order valence-corrected chi connectivity index (χ3v) is 2.00. The molecule has 0 saturated carbocycles. The van der Waals surface area contributed by atoms with Crippen molar-refractivity contribution in [1.29, 1.82) is 0 Å². The van der Waals surface area contributed by atoms with Crippen molar-refractivity contribution in [2.24, 2.45) is 5.73 Å². The fourth-order valence-corrected chi connectivity index (χ4v) is 1.17. The normalized spacial score (nSPS) is 11.0. The largest absolute Gasteiger partial charge is 0.497 e. The highest BCUT2D eigenvalue weighted by atomic mass is 16.5. The van der Waals surface area contributed by atoms with Gasteiger partial charge in [0, 0.05) is 11.6 Å². The van der Waals surface area contributed by atoms with Gasteiger partial charge in [-0.1, -0.05) is 0 Å². The van der Waals surface area contributed by atoms with Crippen molar-refractivity contribution < 1.29 is 19.4 Å². The zero-order valence-corrected chi connectivity index (χ0v) is 9.06. The second kappa shape index (κ2) is 5.06. The molecule has 0 aliphatic carbocycles. The van der Waals surface area contributed by atoms with Crippen LogP contribution in [0.25, 0.3) is 6.08 Å². The molecule has 0 bridgehead atoms. The molecule has 0 unspecified atom stereocenters. The molecule has 5 heteroatoms. The molecule has 0 aliphatic heterocycles. The van der Waals surface area contributed by atoms with Gasteiger partial charge in [-0.25, -0.2) is 4.79 Å². The van der Waals surface area contributed by atoms with Crippen LogP contribution < -0.4 is 15.2 Å². The first kappa shape index (κ1) is 11.9. The Morgan fingerprint density at radius 2 is 2.06 bits per heavy atom. The number of carboxylic acids is 1. The molecule has 0 aromatic heterocycles.